The van der Waals surface area contributed by atoms with Crippen LogP contribution in [0, 0.1) is 11.3 Å². The Morgan fingerprint density at radius 1 is 1.17 bits per heavy atom. The van der Waals surface area contributed by atoms with Crippen molar-refractivity contribution in [2.75, 3.05) is 23.7 Å². The van der Waals surface area contributed by atoms with Crippen molar-refractivity contribution in [3.05, 3.63) is 41.9 Å². The van der Waals surface area contributed by atoms with Gasteiger partial charge in [-0.15, -0.1) is 15.3 Å². The van der Waals surface area contributed by atoms with Crippen LogP contribution in [-0.2, 0) is 0 Å². The Labute approximate surface area is 138 Å². The molecular formula is C16H16N8. The quantitative estimate of drug-likeness (QED) is 0.667. The molecule has 120 valence electrons. The third-order valence-corrected chi connectivity index (χ3v) is 3.88. The van der Waals surface area contributed by atoms with Gasteiger partial charge in [0.2, 0.25) is 0 Å². The van der Waals surface area contributed by atoms with Gasteiger partial charge in [0.1, 0.15) is 17.7 Å². The summed E-state index contributed by atoms with van der Waals surface area (Å²) in [7, 11) is 0. The Balaban J connectivity index is 1.38. The van der Waals surface area contributed by atoms with E-state index in [9.17, 15) is 0 Å². The highest BCUT2D eigenvalue weighted by molar-refractivity contribution is 5.51. The fraction of sp³-hybridized carbons (Fsp3) is 0.312. The van der Waals surface area contributed by atoms with Crippen LogP contribution in [0.1, 0.15) is 30.1 Å². The van der Waals surface area contributed by atoms with Gasteiger partial charge >= 0.3 is 0 Å². The number of nitrogens with zero attached hydrogens (tertiary/aromatic N) is 6. The first-order valence-corrected chi connectivity index (χ1v) is 7.90. The molecule has 2 N–H and O–H groups in total. The first kappa shape index (κ1) is 14.4. The summed E-state index contributed by atoms with van der Waals surface area (Å²) in [4.78, 5) is 4.17. The molecule has 0 bridgehead atoms. The molecule has 3 aromatic heterocycles. The number of pyridine rings is 1. The smallest absolute Gasteiger partial charge is 0.178 e. The van der Waals surface area contributed by atoms with Crippen LogP contribution in [0.3, 0.4) is 0 Å². The summed E-state index contributed by atoms with van der Waals surface area (Å²) in [5.41, 5.74) is 1.31. The number of nitrogens with one attached hydrogen (secondary N) is 2. The number of hydrogen-bond donors (Lipinski definition) is 2. The van der Waals surface area contributed by atoms with Crippen molar-refractivity contribution in [3.8, 4) is 6.07 Å². The molecule has 3 aromatic rings. The maximum absolute atomic E-state index is 9.04. The molecule has 8 nitrogen and oxygen atoms in total. The first-order valence-electron chi connectivity index (χ1n) is 7.90. The van der Waals surface area contributed by atoms with Crippen LogP contribution in [0.25, 0.3) is 5.65 Å². The normalized spacial score (nSPS) is 13.6. The predicted octanol–water partition coefficient (Wildman–Crippen LogP) is 1.79. The lowest BCUT2D eigenvalue weighted by Gasteiger charge is -2.09. The lowest BCUT2D eigenvalue weighted by Crippen LogP contribution is -2.16. The third-order valence-electron chi connectivity index (χ3n) is 3.88. The molecule has 8 heteroatoms. The predicted molar refractivity (Wildman–Crippen MR) is 88.7 cm³/mol. The van der Waals surface area contributed by atoms with Crippen LogP contribution in [-0.4, -0.2) is 37.9 Å². The molecule has 0 radical (unpaired) electrons. The highest BCUT2D eigenvalue weighted by Gasteiger charge is 2.29. The van der Waals surface area contributed by atoms with Crippen LogP contribution in [0.15, 0.2) is 30.5 Å². The van der Waals surface area contributed by atoms with E-state index in [1.54, 1.807) is 18.3 Å². The van der Waals surface area contributed by atoms with E-state index >= 15 is 0 Å². The van der Waals surface area contributed by atoms with Gasteiger partial charge in [0.15, 0.2) is 11.5 Å². The van der Waals surface area contributed by atoms with Gasteiger partial charge in [-0.2, -0.15) is 9.78 Å². The molecule has 1 saturated carbocycles. The van der Waals surface area contributed by atoms with E-state index in [1.165, 1.54) is 0 Å². The van der Waals surface area contributed by atoms with Crippen LogP contribution in [0.2, 0.25) is 0 Å². The van der Waals surface area contributed by atoms with Crippen LogP contribution >= 0.6 is 0 Å². The summed E-state index contributed by atoms with van der Waals surface area (Å²) in [6.45, 7) is 1.28. The molecule has 1 aliphatic carbocycles. The highest BCUT2D eigenvalue weighted by Crippen LogP contribution is 2.38. The van der Waals surface area contributed by atoms with E-state index in [1.807, 2.05) is 16.6 Å². The maximum Gasteiger partial charge on any atom is 0.178 e. The molecule has 24 heavy (non-hydrogen) atoms. The van der Waals surface area contributed by atoms with E-state index in [4.69, 9.17) is 5.26 Å². The SMILES string of the molecule is N#Cc1cccnc1NCCNc1ccc2nnc(C3CC3)n2n1. The fourth-order valence-electron chi connectivity index (χ4n) is 2.50. The lowest BCUT2D eigenvalue weighted by atomic mass is 10.3. The molecule has 0 aliphatic heterocycles. The first-order chi connectivity index (χ1) is 11.8. The zero-order chi connectivity index (χ0) is 16.4. The molecule has 1 fully saturated rings. The molecule has 0 amide bonds. The van der Waals surface area contributed by atoms with Crippen LogP contribution < -0.4 is 10.6 Å². The summed E-state index contributed by atoms with van der Waals surface area (Å²) >= 11 is 0. The van der Waals surface area contributed by atoms with Crippen molar-refractivity contribution < 1.29 is 0 Å². The number of fused-ring (bicyclic) bond motifs is 1. The van der Waals surface area contributed by atoms with Crippen molar-refractivity contribution in [2.24, 2.45) is 0 Å². The van der Waals surface area contributed by atoms with Crippen molar-refractivity contribution in [1.29, 1.82) is 5.26 Å². The van der Waals surface area contributed by atoms with Gasteiger partial charge in [-0.05, 0) is 37.1 Å². The van der Waals surface area contributed by atoms with Gasteiger partial charge in [0.25, 0.3) is 0 Å². The monoisotopic (exact) mass is 320 g/mol. The van der Waals surface area contributed by atoms with Gasteiger partial charge in [-0.25, -0.2) is 4.98 Å². The summed E-state index contributed by atoms with van der Waals surface area (Å²) in [5, 5.41) is 28.4. The van der Waals surface area contributed by atoms with Gasteiger partial charge in [-0.3, -0.25) is 0 Å². The Hall–Kier alpha value is -3.21. The standard InChI is InChI=1S/C16H16N8/c17-10-12-2-1-7-19-15(12)20-9-8-18-13-5-6-14-21-22-16(11-3-4-11)24(14)23-13/h1-2,5-7,11H,3-4,8-9H2,(H,18,23)(H,19,20). The largest absolute Gasteiger partial charge is 0.367 e. The highest BCUT2D eigenvalue weighted by atomic mass is 15.4. The number of anilines is 2. The van der Waals surface area contributed by atoms with Gasteiger partial charge in [0, 0.05) is 25.2 Å². The second-order valence-electron chi connectivity index (χ2n) is 5.69. The minimum atomic E-state index is 0.498. The summed E-state index contributed by atoms with van der Waals surface area (Å²) in [6.07, 6.45) is 3.99. The lowest BCUT2D eigenvalue weighted by molar-refractivity contribution is 0.814. The number of nitriles is 1. The molecule has 1 aliphatic rings. The zero-order valence-electron chi connectivity index (χ0n) is 13.0. The fourth-order valence-corrected chi connectivity index (χ4v) is 2.50. The van der Waals surface area contributed by atoms with E-state index in [0.717, 1.165) is 30.1 Å². The number of aromatic nitrogens is 5. The molecule has 0 atom stereocenters. The van der Waals surface area contributed by atoms with Gasteiger partial charge < -0.3 is 10.6 Å². The Kier molecular flexibility index (Phi) is 3.67. The molecule has 0 aromatic carbocycles. The van der Waals surface area contributed by atoms with E-state index in [0.29, 0.717) is 30.4 Å². The van der Waals surface area contributed by atoms with Crippen molar-refractivity contribution in [1.82, 2.24) is 24.8 Å². The van der Waals surface area contributed by atoms with E-state index in [-0.39, 0.29) is 0 Å². The summed E-state index contributed by atoms with van der Waals surface area (Å²) in [5.74, 6) is 2.81. The van der Waals surface area contributed by atoms with Crippen molar-refractivity contribution in [3.63, 3.8) is 0 Å². The molecule has 3 heterocycles. The second-order valence-corrected chi connectivity index (χ2v) is 5.69. The minimum Gasteiger partial charge on any atom is -0.367 e. The minimum absolute atomic E-state index is 0.498. The summed E-state index contributed by atoms with van der Waals surface area (Å²) in [6, 6.07) is 9.41. The molecule has 0 spiro atoms. The molecule has 0 unspecified atom stereocenters. The maximum atomic E-state index is 9.04. The third kappa shape index (κ3) is 2.84. The van der Waals surface area contributed by atoms with E-state index in [2.05, 4.69) is 37.0 Å². The Morgan fingerprint density at radius 3 is 2.88 bits per heavy atom. The van der Waals surface area contributed by atoms with E-state index < -0.39 is 0 Å². The average Bonchev–Trinajstić information content (AvgIpc) is 3.38. The average molecular weight is 320 g/mol. The van der Waals surface area contributed by atoms with Crippen LogP contribution in [0.4, 0.5) is 11.6 Å². The Bertz CT molecular complexity index is 906. The Morgan fingerprint density at radius 2 is 2.04 bits per heavy atom. The molecular weight excluding hydrogens is 304 g/mol. The van der Waals surface area contributed by atoms with Gasteiger partial charge in [-0.1, -0.05) is 0 Å². The topological polar surface area (TPSA) is 104 Å². The zero-order valence-corrected chi connectivity index (χ0v) is 13.0. The number of hydrogen-bond acceptors (Lipinski definition) is 7. The summed E-state index contributed by atoms with van der Waals surface area (Å²) < 4.78 is 1.82. The van der Waals surface area contributed by atoms with Gasteiger partial charge in [0.05, 0.1) is 5.56 Å². The van der Waals surface area contributed by atoms with Crippen molar-refractivity contribution >= 4 is 17.3 Å². The second kappa shape index (κ2) is 6.12. The van der Waals surface area contributed by atoms with Crippen molar-refractivity contribution in [2.45, 2.75) is 18.8 Å². The number of rotatable bonds is 6. The van der Waals surface area contributed by atoms with Crippen LogP contribution in [0.5, 0.6) is 0 Å². The molecule has 0 saturated heterocycles. The molecule has 4 rings (SSSR count).